The molecule has 1 saturated heterocycles. The van der Waals surface area contributed by atoms with Crippen LogP contribution in [0.3, 0.4) is 0 Å². The predicted octanol–water partition coefficient (Wildman–Crippen LogP) is 1.52. The second kappa shape index (κ2) is 4.40. The minimum absolute atomic E-state index is 0.150. The first-order valence-electron chi connectivity index (χ1n) is 5.12. The summed E-state index contributed by atoms with van der Waals surface area (Å²) in [6.07, 6.45) is -5.88. The van der Waals surface area contributed by atoms with Gasteiger partial charge >= 0.3 is 12.1 Å². The molecule has 3 nitrogen and oxygen atoms in total. The van der Waals surface area contributed by atoms with E-state index in [1.54, 1.807) is 6.92 Å². The molecule has 1 heterocycles. The van der Waals surface area contributed by atoms with Crippen LogP contribution in [0.4, 0.5) is 22.0 Å². The quantitative estimate of drug-likeness (QED) is 0.782. The van der Waals surface area contributed by atoms with Crippen molar-refractivity contribution in [2.45, 2.75) is 43.9 Å². The van der Waals surface area contributed by atoms with Gasteiger partial charge in [0.15, 0.2) is 0 Å². The molecule has 1 rings (SSSR count). The monoisotopic (exact) mass is 260 g/mol. The molecule has 0 spiro atoms. The molecule has 8 heteroatoms. The molecule has 0 aromatic rings. The van der Waals surface area contributed by atoms with E-state index in [4.69, 9.17) is 5.73 Å². The number of likely N-dealkylation sites (tertiary alicyclic amines) is 1. The Morgan fingerprint density at radius 1 is 1.35 bits per heavy atom. The van der Waals surface area contributed by atoms with E-state index in [1.165, 1.54) is 0 Å². The fourth-order valence-electron chi connectivity index (χ4n) is 1.95. The Morgan fingerprint density at radius 2 is 1.88 bits per heavy atom. The third-order valence-electron chi connectivity index (χ3n) is 2.69. The Labute approximate surface area is 94.7 Å². The minimum Gasteiger partial charge on any atom is -0.332 e. The molecule has 0 aromatic carbocycles. The SMILES string of the molecule is CCCN1C(=O)C[C@H](N)[C@H]1C(F)(F)C(F)(F)F. The van der Waals surface area contributed by atoms with Crippen molar-refractivity contribution < 1.29 is 26.7 Å². The molecule has 0 aliphatic carbocycles. The third-order valence-corrected chi connectivity index (χ3v) is 2.69. The second-order valence-corrected chi connectivity index (χ2v) is 4.02. The summed E-state index contributed by atoms with van der Waals surface area (Å²) in [6.45, 7) is 1.43. The Kier molecular flexibility index (Phi) is 3.66. The number of nitrogens with zero attached hydrogens (tertiary/aromatic N) is 1. The van der Waals surface area contributed by atoms with Gasteiger partial charge in [0.1, 0.15) is 6.04 Å². The van der Waals surface area contributed by atoms with Gasteiger partial charge in [-0.05, 0) is 6.42 Å². The van der Waals surface area contributed by atoms with Crippen LogP contribution in [0.25, 0.3) is 0 Å². The molecule has 0 aromatic heterocycles. The first-order chi connectivity index (χ1) is 7.63. The zero-order valence-electron chi connectivity index (χ0n) is 9.10. The van der Waals surface area contributed by atoms with Crippen molar-refractivity contribution in [1.29, 1.82) is 0 Å². The van der Waals surface area contributed by atoms with Crippen LogP contribution in [-0.2, 0) is 4.79 Å². The topological polar surface area (TPSA) is 46.3 Å². The van der Waals surface area contributed by atoms with Crippen LogP contribution >= 0.6 is 0 Å². The van der Waals surface area contributed by atoms with Crippen LogP contribution in [0.2, 0.25) is 0 Å². The molecule has 0 saturated carbocycles. The summed E-state index contributed by atoms with van der Waals surface area (Å²) in [5, 5.41) is 0. The lowest BCUT2D eigenvalue weighted by Crippen LogP contribution is -2.59. The summed E-state index contributed by atoms with van der Waals surface area (Å²) >= 11 is 0. The average molecular weight is 260 g/mol. The summed E-state index contributed by atoms with van der Waals surface area (Å²) in [7, 11) is 0. The van der Waals surface area contributed by atoms with Crippen molar-refractivity contribution in [2.75, 3.05) is 6.54 Å². The maximum atomic E-state index is 13.2. The Balaban J connectivity index is 3.04. The largest absolute Gasteiger partial charge is 0.455 e. The van der Waals surface area contributed by atoms with E-state index in [9.17, 15) is 26.7 Å². The van der Waals surface area contributed by atoms with Gasteiger partial charge in [-0.3, -0.25) is 4.79 Å². The number of hydrogen-bond acceptors (Lipinski definition) is 2. The first-order valence-corrected chi connectivity index (χ1v) is 5.12. The van der Waals surface area contributed by atoms with Crippen molar-refractivity contribution in [1.82, 2.24) is 4.90 Å². The lowest BCUT2D eigenvalue weighted by molar-refractivity contribution is -0.301. The zero-order chi connectivity index (χ0) is 13.4. The van der Waals surface area contributed by atoms with Gasteiger partial charge in [0.2, 0.25) is 5.91 Å². The summed E-state index contributed by atoms with van der Waals surface area (Å²) in [6, 6.07) is -3.79. The van der Waals surface area contributed by atoms with Crippen molar-refractivity contribution in [3.05, 3.63) is 0 Å². The van der Waals surface area contributed by atoms with E-state index in [1.807, 2.05) is 0 Å². The summed E-state index contributed by atoms with van der Waals surface area (Å²) in [5.41, 5.74) is 5.23. The Hall–Kier alpha value is -0.920. The van der Waals surface area contributed by atoms with Crippen molar-refractivity contribution >= 4 is 5.91 Å². The van der Waals surface area contributed by atoms with Crippen LogP contribution in [0, 0.1) is 0 Å². The van der Waals surface area contributed by atoms with Crippen molar-refractivity contribution in [2.24, 2.45) is 5.73 Å². The maximum absolute atomic E-state index is 13.2. The number of rotatable bonds is 3. The highest BCUT2D eigenvalue weighted by atomic mass is 19.4. The second-order valence-electron chi connectivity index (χ2n) is 4.02. The molecule has 1 amide bonds. The third kappa shape index (κ3) is 2.36. The average Bonchev–Trinajstić information content (AvgIpc) is 2.40. The normalized spacial score (nSPS) is 26.8. The lowest BCUT2D eigenvalue weighted by atomic mass is 10.0. The summed E-state index contributed by atoms with van der Waals surface area (Å²) in [5.74, 6) is -5.73. The van der Waals surface area contributed by atoms with Crippen molar-refractivity contribution in [3.63, 3.8) is 0 Å². The van der Waals surface area contributed by atoms with Gasteiger partial charge in [0.05, 0.1) is 0 Å². The van der Waals surface area contributed by atoms with Crippen LogP contribution < -0.4 is 5.73 Å². The maximum Gasteiger partial charge on any atom is 0.455 e. The number of amides is 1. The smallest absolute Gasteiger partial charge is 0.332 e. The highest BCUT2D eigenvalue weighted by Crippen LogP contribution is 2.43. The Bertz CT molecular complexity index is 304. The standard InChI is InChI=1S/C9H13F5N2O/c1-2-3-16-6(17)4-5(15)7(16)8(10,11)9(12,13)14/h5,7H,2-4,15H2,1H3/t5-,7-/m0/s1. The van der Waals surface area contributed by atoms with E-state index in [0.717, 1.165) is 0 Å². The molecule has 100 valence electrons. The van der Waals surface area contributed by atoms with Crippen LogP contribution in [0.5, 0.6) is 0 Å². The number of halogens is 5. The van der Waals surface area contributed by atoms with Crippen LogP contribution in [0.1, 0.15) is 19.8 Å². The summed E-state index contributed by atoms with van der Waals surface area (Å²) in [4.78, 5) is 11.8. The van der Waals surface area contributed by atoms with Gasteiger partial charge in [0.25, 0.3) is 0 Å². The van der Waals surface area contributed by atoms with Gasteiger partial charge in [-0.15, -0.1) is 0 Å². The molecule has 0 bridgehead atoms. The fourth-order valence-corrected chi connectivity index (χ4v) is 1.95. The van der Waals surface area contributed by atoms with Gasteiger partial charge in [-0.2, -0.15) is 22.0 Å². The van der Waals surface area contributed by atoms with Gasteiger partial charge in [-0.25, -0.2) is 0 Å². The van der Waals surface area contributed by atoms with E-state index in [0.29, 0.717) is 11.3 Å². The van der Waals surface area contributed by atoms with E-state index in [2.05, 4.69) is 0 Å². The molecule has 1 aliphatic rings. The number of alkyl halides is 5. The van der Waals surface area contributed by atoms with Crippen LogP contribution in [0.15, 0.2) is 0 Å². The highest BCUT2D eigenvalue weighted by molar-refractivity contribution is 5.80. The molecule has 1 fully saturated rings. The lowest BCUT2D eigenvalue weighted by Gasteiger charge is -2.34. The number of hydrogen-bond donors (Lipinski definition) is 1. The molecule has 0 unspecified atom stereocenters. The molecule has 1 aliphatic heterocycles. The van der Waals surface area contributed by atoms with E-state index >= 15 is 0 Å². The predicted molar refractivity (Wildman–Crippen MR) is 49.4 cm³/mol. The molecular weight excluding hydrogens is 247 g/mol. The molecule has 2 N–H and O–H groups in total. The highest BCUT2D eigenvalue weighted by Gasteiger charge is 2.67. The van der Waals surface area contributed by atoms with Gasteiger partial charge in [-0.1, -0.05) is 6.92 Å². The number of carbonyl (C=O) groups excluding carboxylic acids is 1. The van der Waals surface area contributed by atoms with Crippen molar-refractivity contribution in [3.8, 4) is 0 Å². The zero-order valence-corrected chi connectivity index (χ0v) is 9.10. The van der Waals surface area contributed by atoms with E-state index < -0.39 is 36.5 Å². The number of carbonyl (C=O) groups is 1. The molecular formula is C9H13F5N2O. The van der Waals surface area contributed by atoms with Gasteiger partial charge in [0, 0.05) is 19.0 Å². The molecule has 2 atom stereocenters. The van der Waals surface area contributed by atoms with Crippen LogP contribution in [-0.4, -0.2) is 41.5 Å². The molecule has 17 heavy (non-hydrogen) atoms. The fraction of sp³-hybridized carbons (Fsp3) is 0.889. The van der Waals surface area contributed by atoms with Gasteiger partial charge < -0.3 is 10.6 Å². The van der Waals surface area contributed by atoms with E-state index in [-0.39, 0.29) is 6.54 Å². The Morgan fingerprint density at radius 3 is 2.29 bits per heavy atom. The first kappa shape index (κ1) is 14.1. The number of nitrogens with two attached hydrogens (primary N) is 1. The molecule has 0 radical (unpaired) electrons. The minimum atomic E-state index is -5.70. The summed E-state index contributed by atoms with van der Waals surface area (Å²) < 4.78 is 63.2.